The number of Topliss-reactive ketones (excluding diaryl/α,β-unsaturated/α-hetero) is 1. The van der Waals surface area contributed by atoms with E-state index < -0.39 is 23.7 Å². The van der Waals surface area contributed by atoms with Crippen molar-refractivity contribution >= 4 is 29.1 Å². The van der Waals surface area contributed by atoms with Crippen molar-refractivity contribution in [3.8, 4) is 0 Å². The standard InChI is InChI=1S/C25H25N3O6/c1-15-20(27-12-5-4-7-18(27)26-15)22(29)19-21(16-8-10-17(11-9-16)25(32)34-3)28(13-6-14-33-2)24(31)23(19)30/h4-5,7-12,21,29H,6,13-14H2,1-3H3/b22-19+. The monoisotopic (exact) mass is 463 g/mol. The van der Waals surface area contributed by atoms with Gasteiger partial charge >= 0.3 is 5.97 Å². The van der Waals surface area contributed by atoms with Crippen molar-refractivity contribution in [2.45, 2.75) is 19.4 Å². The number of aliphatic hydroxyl groups excluding tert-OH is 1. The zero-order chi connectivity index (χ0) is 24.4. The number of esters is 1. The molecule has 1 atom stereocenters. The second-order valence-corrected chi connectivity index (χ2v) is 7.93. The summed E-state index contributed by atoms with van der Waals surface area (Å²) in [5.41, 5.74) is 2.37. The number of carbonyl (C=O) groups excluding carboxylic acids is 3. The fraction of sp³-hybridized carbons (Fsp3) is 0.280. The number of nitrogens with zero attached hydrogens (tertiary/aromatic N) is 3. The zero-order valence-corrected chi connectivity index (χ0v) is 19.1. The van der Waals surface area contributed by atoms with Crippen molar-refractivity contribution in [3.05, 3.63) is 76.7 Å². The van der Waals surface area contributed by atoms with Gasteiger partial charge in [-0.1, -0.05) is 18.2 Å². The molecule has 2 aromatic heterocycles. The lowest BCUT2D eigenvalue weighted by Crippen LogP contribution is -2.31. The van der Waals surface area contributed by atoms with Crippen LogP contribution < -0.4 is 0 Å². The number of pyridine rings is 1. The molecule has 176 valence electrons. The van der Waals surface area contributed by atoms with Crippen LogP contribution in [-0.2, 0) is 19.1 Å². The van der Waals surface area contributed by atoms with E-state index in [4.69, 9.17) is 9.47 Å². The number of hydrogen-bond acceptors (Lipinski definition) is 7. The van der Waals surface area contributed by atoms with Crippen LogP contribution in [0.1, 0.15) is 39.8 Å². The number of fused-ring (bicyclic) bond motifs is 1. The Morgan fingerprint density at radius 3 is 2.53 bits per heavy atom. The molecule has 1 fully saturated rings. The van der Waals surface area contributed by atoms with E-state index in [0.29, 0.717) is 41.2 Å². The molecule has 0 spiro atoms. The quantitative estimate of drug-likeness (QED) is 0.189. The smallest absolute Gasteiger partial charge is 0.337 e. The average molecular weight is 463 g/mol. The number of aryl methyl sites for hydroxylation is 1. The highest BCUT2D eigenvalue weighted by atomic mass is 16.5. The van der Waals surface area contributed by atoms with Crippen molar-refractivity contribution in [2.24, 2.45) is 0 Å². The number of ketones is 1. The number of ether oxygens (including phenoxy) is 2. The van der Waals surface area contributed by atoms with Crippen molar-refractivity contribution < 1.29 is 29.0 Å². The molecule has 9 nitrogen and oxygen atoms in total. The molecule has 1 unspecified atom stereocenters. The summed E-state index contributed by atoms with van der Waals surface area (Å²) in [5, 5.41) is 11.4. The number of carbonyl (C=O) groups is 3. The molecule has 0 aliphatic carbocycles. The van der Waals surface area contributed by atoms with E-state index in [9.17, 15) is 19.5 Å². The van der Waals surface area contributed by atoms with E-state index >= 15 is 0 Å². The van der Waals surface area contributed by atoms with E-state index in [1.165, 1.54) is 12.0 Å². The first-order valence-electron chi connectivity index (χ1n) is 10.8. The third kappa shape index (κ3) is 3.94. The number of benzene rings is 1. The summed E-state index contributed by atoms with van der Waals surface area (Å²) in [5.74, 6) is -2.28. The molecule has 4 rings (SSSR count). The Morgan fingerprint density at radius 1 is 1.12 bits per heavy atom. The molecule has 1 saturated heterocycles. The van der Waals surface area contributed by atoms with E-state index in [0.717, 1.165) is 0 Å². The Balaban J connectivity index is 1.88. The summed E-state index contributed by atoms with van der Waals surface area (Å²) in [4.78, 5) is 44.0. The summed E-state index contributed by atoms with van der Waals surface area (Å²) >= 11 is 0. The van der Waals surface area contributed by atoms with Crippen LogP contribution in [0.5, 0.6) is 0 Å². The van der Waals surface area contributed by atoms with Gasteiger partial charge in [0.1, 0.15) is 11.3 Å². The Morgan fingerprint density at radius 2 is 1.85 bits per heavy atom. The highest BCUT2D eigenvalue weighted by molar-refractivity contribution is 6.46. The SMILES string of the molecule is COCCCN1C(=O)C(=O)/C(=C(/O)c2c(C)nc3ccccn23)C1c1ccc(C(=O)OC)cc1. The van der Waals surface area contributed by atoms with Crippen LogP contribution in [0, 0.1) is 6.92 Å². The van der Waals surface area contributed by atoms with Crippen molar-refractivity contribution in [2.75, 3.05) is 27.4 Å². The minimum absolute atomic E-state index is 0.0259. The first-order chi connectivity index (χ1) is 16.4. The molecule has 3 heterocycles. The largest absolute Gasteiger partial charge is 0.505 e. The van der Waals surface area contributed by atoms with Crippen molar-refractivity contribution in [1.29, 1.82) is 0 Å². The number of aliphatic hydroxyl groups is 1. The third-order valence-electron chi connectivity index (χ3n) is 5.86. The molecule has 0 radical (unpaired) electrons. The Hall–Kier alpha value is -3.98. The molecule has 1 aliphatic rings. The lowest BCUT2D eigenvalue weighted by Gasteiger charge is -2.25. The second-order valence-electron chi connectivity index (χ2n) is 7.93. The molecule has 1 amide bonds. The number of likely N-dealkylation sites (tertiary alicyclic amines) is 1. The van der Waals surface area contributed by atoms with Gasteiger partial charge in [-0.05, 0) is 43.2 Å². The van der Waals surface area contributed by atoms with Gasteiger partial charge < -0.3 is 19.5 Å². The Kier molecular flexibility index (Phi) is 6.47. The minimum Gasteiger partial charge on any atom is -0.505 e. The van der Waals surface area contributed by atoms with E-state index in [1.54, 1.807) is 61.0 Å². The number of amides is 1. The van der Waals surface area contributed by atoms with Gasteiger partial charge in [-0.15, -0.1) is 0 Å². The summed E-state index contributed by atoms with van der Waals surface area (Å²) in [6.07, 6.45) is 2.24. The molecule has 1 aliphatic heterocycles. The molecule has 1 aromatic carbocycles. The first-order valence-corrected chi connectivity index (χ1v) is 10.8. The lowest BCUT2D eigenvalue weighted by atomic mass is 9.95. The molecule has 0 saturated carbocycles. The number of methoxy groups -OCH3 is 2. The van der Waals surface area contributed by atoms with Crippen molar-refractivity contribution in [3.63, 3.8) is 0 Å². The molecule has 34 heavy (non-hydrogen) atoms. The number of hydrogen-bond donors (Lipinski definition) is 1. The van der Waals surface area contributed by atoms with Crippen LogP contribution in [0.3, 0.4) is 0 Å². The van der Waals surface area contributed by atoms with Gasteiger partial charge in [-0.2, -0.15) is 0 Å². The van der Waals surface area contributed by atoms with Gasteiger partial charge in [0, 0.05) is 26.5 Å². The van der Waals surface area contributed by atoms with Gasteiger partial charge in [0.2, 0.25) is 0 Å². The summed E-state index contributed by atoms with van der Waals surface area (Å²) in [6.45, 7) is 2.39. The highest BCUT2D eigenvalue weighted by Crippen LogP contribution is 2.40. The summed E-state index contributed by atoms with van der Waals surface area (Å²) < 4.78 is 11.5. The van der Waals surface area contributed by atoms with E-state index in [2.05, 4.69) is 4.98 Å². The average Bonchev–Trinajstić information content (AvgIpc) is 3.31. The number of imidazole rings is 1. The molecule has 3 aromatic rings. The predicted molar refractivity (Wildman–Crippen MR) is 123 cm³/mol. The van der Waals surface area contributed by atoms with Crippen LogP contribution in [-0.4, -0.2) is 64.4 Å². The maximum absolute atomic E-state index is 13.2. The first kappa shape index (κ1) is 23.2. The van der Waals surface area contributed by atoms with Gasteiger partial charge in [0.25, 0.3) is 11.7 Å². The van der Waals surface area contributed by atoms with Gasteiger partial charge in [0.05, 0.1) is 30.0 Å². The van der Waals surface area contributed by atoms with Crippen molar-refractivity contribution in [1.82, 2.24) is 14.3 Å². The number of rotatable bonds is 7. The maximum Gasteiger partial charge on any atom is 0.337 e. The van der Waals surface area contributed by atoms with Gasteiger partial charge in [-0.3, -0.25) is 14.0 Å². The third-order valence-corrected chi connectivity index (χ3v) is 5.86. The highest BCUT2D eigenvalue weighted by Gasteiger charge is 2.46. The topological polar surface area (TPSA) is 110 Å². The fourth-order valence-corrected chi connectivity index (χ4v) is 4.28. The van der Waals surface area contributed by atoms with Crippen LogP contribution >= 0.6 is 0 Å². The van der Waals surface area contributed by atoms with Gasteiger partial charge in [-0.25, -0.2) is 9.78 Å². The Bertz CT molecular complexity index is 1290. The lowest BCUT2D eigenvalue weighted by molar-refractivity contribution is -0.140. The fourth-order valence-electron chi connectivity index (χ4n) is 4.28. The Labute approximate surface area is 196 Å². The second kappa shape index (κ2) is 9.48. The molecule has 0 bridgehead atoms. The van der Waals surface area contributed by atoms with Crippen LogP contribution in [0.15, 0.2) is 54.2 Å². The molecular formula is C25H25N3O6. The zero-order valence-electron chi connectivity index (χ0n) is 19.1. The van der Waals surface area contributed by atoms with Crippen LogP contribution in [0.4, 0.5) is 0 Å². The van der Waals surface area contributed by atoms with Crippen LogP contribution in [0.2, 0.25) is 0 Å². The molecule has 1 N–H and O–H groups in total. The number of aromatic nitrogens is 2. The van der Waals surface area contributed by atoms with E-state index in [1.807, 2.05) is 6.07 Å². The summed E-state index contributed by atoms with van der Waals surface area (Å²) in [7, 11) is 2.85. The molecule has 9 heteroatoms. The van der Waals surface area contributed by atoms with E-state index in [-0.39, 0.29) is 17.9 Å². The maximum atomic E-state index is 13.2. The van der Waals surface area contributed by atoms with Crippen LogP contribution in [0.25, 0.3) is 11.4 Å². The normalized spacial score (nSPS) is 17.5. The van der Waals surface area contributed by atoms with Gasteiger partial charge in [0.15, 0.2) is 5.76 Å². The predicted octanol–water partition coefficient (Wildman–Crippen LogP) is 2.89. The minimum atomic E-state index is -0.836. The summed E-state index contributed by atoms with van der Waals surface area (Å²) in [6, 6.07) is 11.0. The molecular weight excluding hydrogens is 438 g/mol.